The SMILES string of the molecule is C[C@@H]1O[C@@H](O[C@@H]2[C@@H](O[C@@H]3[C@@H](O)[C@@H](O[C@H]4[C@H](O[C@H]5CC[C@]6(C)[C@H]7C=CC8=C9[C@]%10(CC[C@](C)(OC%10=O)[C@@]9(C)O)CC[C@@]8(C)[C@]7(C)CC[C@H]6C5(C)C)O[C@H](CO)[C@@H](O)[C@@H]4O)O[C@H](CO)[C@H]3O)OC[C@H](O)[C@@H]2O)[C@H](O)[C@H](O)[C@H]1O. The zero-order valence-electron chi connectivity index (χ0n) is 44.1. The van der Waals surface area contributed by atoms with Gasteiger partial charge in [0.15, 0.2) is 25.2 Å². The number of aliphatic hydroxyl groups is 12. The highest BCUT2D eigenvalue weighted by atomic mass is 16.8. The monoisotopic (exact) mass is 1070 g/mol. The molecular weight excluding hydrogens is 989 g/mol. The van der Waals surface area contributed by atoms with Crippen molar-refractivity contribution in [2.75, 3.05) is 19.8 Å². The summed E-state index contributed by atoms with van der Waals surface area (Å²) < 4.78 is 54.3. The normalized spacial score (nSPS) is 56.3. The summed E-state index contributed by atoms with van der Waals surface area (Å²) in [7, 11) is 0. The third-order valence-corrected chi connectivity index (χ3v) is 21.2. The molecule has 0 aromatic heterocycles. The summed E-state index contributed by atoms with van der Waals surface area (Å²) in [5.74, 6) is -0.0625. The van der Waals surface area contributed by atoms with Gasteiger partial charge < -0.3 is 104 Å². The van der Waals surface area contributed by atoms with E-state index >= 15 is 0 Å². The van der Waals surface area contributed by atoms with Crippen molar-refractivity contribution in [3.8, 4) is 0 Å². The Morgan fingerprint density at radius 1 is 0.613 bits per heavy atom. The molecule has 11 rings (SSSR count). The maximum atomic E-state index is 13.8. The van der Waals surface area contributed by atoms with Crippen LogP contribution in [0.4, 0.5) is 0 Å². The maximum absolute atomic E-state index is 13.8. The molecule has 5 aliphatic carbocycles. The first-order chi connectivity index (χ1) is 35.1. The number of esters is 1. The van der Waals surface area contributed by atoms with Gasteiger partial charge in [0.1, 0.15) is 96.7 Å². The molecule has 22 nitrogen and oxygen atoms in total. The molecule has 11 aliphatic rings. The molecule has 75 heavy (non-hydrogen) atoms. The van der Waals surface area contributed by atoms with E-state index in [0.717, 1.165) is 30.4 Å². The molecule has 28 atom stereocenters. The van der Waals surface area contributed by atoms with E-state index in [9.17, 15) is 66.1 Å². The number of rotatable bonds is 10. The van der Waals surface area contributed by atoms with Gasteiger partial charge in [0.2, 0.25) is 0 Å². The first-order valence-electron chi connectivity index (χ1n) is 27.0. The summed E-state index contributed by atoms with van der Waals surface area (Å²) in [6.07, 6.45) is -22.0. The van der Waals surface area contributed by atoms with Crippen LogP contribution in [0, 0.1) is 38.9 Å². The molecule has 2 bridgehead atoms. The number of ether oxygens (including phenoxy) is 9. The molecule has 0 aromatic rings. The summed E-state index contributed by atoms with van der Waals surface area (Å²) in [6.45, 7) is 14.3. The Morgan fingerprint density at radius 3 is 1.89 bits per heavy atom. The number of allylic oxidation sites excluding steroid dienone is 3. The average molecular weight is 1070 g/mol. The van der Waals surface area contributed by atoms with E-state index in [1.54, 1.807) is 0 Å². The molecule has 12 N–H and O–H groups in total. The second-order valence-corrected chi connectivity index (χ2v) is 25.4. The molecule has 6 saturated heterocycles. The van der Waals surface area contributed by atoms with Crippen molar-refractivity contribution < 1.29 is 109 Å². The van der Waals surface area contributed by atoms with Gasteiger partial charge in [-0.25, -0.2) is 0 Å². The first-order valence-corrected chi connectivity index (χ1v) is 27.0. The lowest BCUT2D eigenvalue weighted by Crippen LogP contribution is -2.71. The lowest BCUT2D eigenvalue weighted by atomic mass is 9.35. The second kappa shape index (κ2) is 19.4. The number of carbonyl (C=O) groups excluding carboxylic acids is 1. The van der Waals surface area contributed by atoms with E-state index in [2.05, 4.69) is 46.8 Å². The predicted octanol–water partition coefficient (Wildman–Crippen LogP) is -1.32. The molecule has 1 spiro atoms. The smallest absolute Gasteiger partial charge is 0.317 e. The predicted molar refractivity (Wildman–Crippen MR) is 255 cm³/mol. The van der Waals surface area contributed by atoms with E-state index in [1.165, 1.54) is 6.92 Å². The van der Waals surface area contributed by atoms with E-state index in [0.29, 0.717) is 32.1 Å². The van der Waals surface area contributed by atoms with Gasteiger partial charge in [-0.05, 0) is 117 Å². The van der Waals surface area contributed by atoms with Crippen molar-refractivity contribution in [1.82, 2.24) is 0 Å². The Kier molecular flexibility index (Phi) is 14.6. The van der Waals surface area contributed by atoms with Gasteiger partial charge in [0, 0.05) is 0 Å². The van der Waals surface area contributed by atoms with Crippen LogP contribution < -0.4 is 0 Å². The van der Waals surface area contributed by atoms with Crippen LogP contribution in [-0.2, 0) is 47.4 Å². The molecule has 0 radical (unpaired) electrons. The fraction of sp³-hybridized carbons (Fsp3) is 0.906. The minimum absolute atomic E-state index is 0.0738. The lowest BCUT2D eigenvalue weighted by Gasteiger charge is -2.71. The molecular formula is C53H82O22. The van der Waals surface area contributed by atoms with Gasteiger partial charge >= 0.3 is 5.97 Å². The third-order valence-electron chi connectivity index (χ3n) is 21.2. The zero-order valence-corrected chi connectivity index (χ0v) is 44.1. The zero-order chi connectivity index (χ0) is 54.5. The molecule has 6 aliphatic heterocycles. The van der Waals surface area contributed by atoms with Gasteiger partial charge in [0.25, 0.3) is 0 Å². The Hall–Kier alpha value is -1.85. The molecule has 3 saturated carbocycles. The number of aliphatic hydroxyl groups excluding tert-OH is 11. The quantitative estimate of drug-likeness (QED) is 0.0892. The molecule has 0 aromatic carbocycles. The van der Waals surface area contributed by atoms with Crippen molar-refractivity contribution in [3.05, 3.63) is 23.3 Å². The fourth-order valence-electron chi connectivity index (χ4n) is 16.2. The van der Waals surface area contributed by atoms with Crippen LogP contribution in [0.3, 0.4) is 0 Å². The molecule has 6 heterocycles. The lowest BCUT2D eigenvalue weighted by molar-refractivity contribution is -0.395. The number of hydrogen-bond donors (Lipinski definition) is 12. The van der Waals surface area contributed by atoms with Crippen molar-refractivity contribution in [2.24, 2.45) is 38.9 Å². The van der Waals surface area contributed by atoms with Crippen molar-refractivity contribution in [3.63, 3.8) is 0 Å². The maximum Gasteiger partial charge on any atom is 0.317 e. The third kappa shape index (κ3) is 8.27. The van der Waals surface area contributed by atoms with Gasteiger partial charge in [-0.1, -0.05) is 46.8 Å². The van der Waals surface area contributed by atoms with Crippen molar-refractivity contribution in [1.29, 1.82) is 0 Å². The Balaban J connectivity index is 0.890. The molecule has 0 unspecified atom stereocenters. The minimum atomic E-state index is -1.99. The largest absolute Gasteiger partial charge is 0.455 e. The van der Waals surface area contributed by atoms with Crippen LogP contribution in [0.5, 0.6) is 0 Å². The highest BCUT2D eigenvalue weighted by molar-refractivity contribution is 5.86. The fourth-order valence-corrected chi connectivity index (χ4v) is 16.2. The Labute approximate surface area is 436 Å². The van der Waals surface area contributed by atoms with E-state index < -0.39 is 165 Å². The summed E-state index contributed by atoms with van der Waals surface area (Å²) in [4.78, 5) is 13.8. The van der Waals surface area contributed by atoms with Gasteiger partial charge in [0.05, 0.1) is 37.4 Å². The van der Waals surface area contributed by atoms with Crippen LogP contribution in [0.25, 0.3) is 0 Å². The van der Waals surface area contributed by atoms with E-state index in [1.807, 2.05) is 13.8 Å². The Bertz CT molecular complexity index is 2210. The van der Waals surface area contributed by atoms with Crippen LogP contribution >= 0.6 is 0 Å². The standard InChI is InChI=1S/C53H82O22/c1-22-30(57)34(61)36(63)42(68-22)73-39-31(58)24(56)21-67-44(39)72-38-33(60)26(20-55)69-43(37(38)64)74-40-35(62)32(59)25(19-54)70-45(40)71-29-12-13-48(4)27(47(29,2)3)11-14-50(6)28(48)10-9-23-41-52(8,66)51(7)16-18-53(41,46(65)75-51)17-15-49(23,50)5/h9-10,22,24-40,42-45,54-64,66H,11-21H2,1-8H3/t22-,24-,25+,26+,27-,28+,29-,30-,31-,32+,33+,34+,35-,36+,37+,38-,39-,40+,42-,43+,44+,45-,48-,49+,50+,51-,52-,53+/m0/s1. The van der Waals surface area contributed by atoms with Crippen LogP contribution in [-0.4, -0.2) is 221 Å². The summed E-state index contributed by atoms with van der Waals surface area (Å²) >= 11 is 0. The van der Waals surface area contributed by atoms with Crippen LogP contribution in [0.1, 0.15) is 107 Å². The topological polar surface area (TPSA) is 343 Å². The van der Waals surface area contributed by atoms with Gasteiger partial charge in [-0.15, -0.1) is 0 Å². The van der Waals surface area contributed by atoms with Crippen LogP contribution in [0.15, 0.2) is 23.3 Å². The Morgan fingerprint density at radius 2 is 1.23 bits per heavy atom. The summed E-state index contributed by atoms with van der Waals surface area (Å²) in [6, 6.07) is 0. The molecule has 426 valence electrons. The van der Waals surface area contributed by atoms with Crippen molar-refractivity contribution >= 4 is 5.97 Å². The van der Waals surface area contributed by atoms with Crippen LogP contribution in [0.2, 0.25) is 0 Å². The molecule has 9 fully saturated rings. The molecule has 0 amide bonds. The van der Waals surface area contributed by atoms with Gasteiger partial charge in [-0.2, -0.15) is 0 Å². The number of hydrogen-bond acceptors (Lipinski definition) is 22. The summed E-state index contributed by atoms with van der Waals surface area (Å²) in [5, 5.41) is 132. The second-order valence-electron chi connectivity index (χ2n) is 25.4. The number of fused-ring (bicyclic) bond motifs is 7. The van der Waals surface area contributed by atoms with E-state index in [-0.39, 0.29) is 34.1 Å². The highest BCUT2D eigenvalue weighted by Crippen LogP contribution is 2.75. The van der Waals surface area contributed by atoms with Gasteiger partial charge in [-0.3, -0.25) is 4.79 Å². The highest BCUT2D eigenvalue weighted by Gasteiger charge is 2.74. The molecule has 22 heteroatoms. The van der Waals surface area contributed by atoms with E-state index in [4.69, 9.17) is 42.6 Å². The summed E-state index contributed by atoms with van der Waals surface area (Å²) in [5.41, 5.74) is -2.76. The van der Waals surface area contributed by atoms with Crippen molar-refractivity contribution in [2.45, 2.75) is 241 Å². The first kappa shape index (κ1) is 56.4. The average Bonchev–Trinajstić information content (AvgIpc) is 3.36. The minimum Gasteiger partial charge on any atom is -0.455 e. The number of carbonyl (C=O) groups is 1.